The number of carbonyl (C=O) groups excluding carboxylic acids is 1. The minimum atomic E-state index is -0.216. The number of imidazole rings is 1. The summed E-state index contributed by atoms with van der Waals surface area (Å²) in [6.45, 7) is 0.298. The van der Waals surface area contributed by atoms with Crippen molar-refractivity contribution in [2.75, 3.05) is 0 Å². The van der Waals surface area contributed by atoms with Crippen molar-refractivity contribution in [3.63, 3.8) is 0 Å². The van der Waals surface area contributed by atoms with Crippen molar-refractivity contribution in [2.24, 2.45) is 7.05 Å². The predicted molar refractivity (Wildman–Crippen MR) is 111 cm³/mol. The summed E-state index contributed by atoms with van der Waals surface area (Å²) in [5.74, 6) is -0.216. The van der Waals surface area contributed by atoms with Gasteiger partial charge in [0.1, 0.15) is 10.8 Å². The number of benzene rings is 1. The van der Waals surface area contributed by atoms with Crippen molar-refractivity contribution >= 4 is 17.5 Å². The quantitative estimate of drug-likeness (QED) is 0.552. The minimum absolute atomic E-state index is 0.0829. The first-order chi connectivity index (χ1) is 14.0. The standard InChI is InChI=1S/C21H18ClN5O2/c1-25-18(9-10-19(25)22)21(29)23-12-15-13-26(14-24-15)16-5-7-17(8-6-16)27-11-3-2-4-20(27)28/h2-11,13-14H,12H2,1H3,(H,23,29). The summed E-state index contributed by atoms with van der Waals surface area (Å²) in [5, 5.41) is 3.34. The maximum absolute atomic E-state index is 12.3. The van der Waals surface area contributed by atoms with Gasteiger partial charge in [-0.3, -0.25) is 14.2 Å². The van der Waals surface area contributed by atoms with Crippen LogP contribution < -0.4 is 10.9 Å². The highest BCUT2D eigenvalue weighted by atomic mass is 35.5. The molecular weight excluding hydrogens is 390 g/mol. The minimum Gasteiger partial charge on any atom is -0.345 e. The van der Waals surface area contributed by atoms with E-state index in [1.165, 1.54) is 6.07 Å². The van der Waals surface area contributed by atoms with E-state index < -0.39 is 0 Å². The van der Waals surface area contributed by atoms with E-state index in [-0.39, 0.29) is 11.5 Å². The van der Waals surface area contributed by atoms with Crippen LogP contribution in [0.3, 0.4) is 0 Å². The number of hydrogen-bond acceptors (Lipinski definition) is 3. The normalized spacial score (nSPS) is 10.8. The number of hydrogen-bond donors (Lipinski definition) is 1. The Balaban J connectivity index is 1.45. The van der Waals surface area contributed by atoms with Crippen LogP contribution in [0.4, 0.5) is 0 Å². The molecule has 4 aromatic rings. The zero-order valence-electron chi connectivity index (χ0n) is 15.6. The van der Waals surface area contributed by atoms with Crippen LogP contribution in [-0.2, 0) is 13.6 Å². The molecular formula is C21H18ClN5O2. The first kappa shape index (κ1) is 18.8. The molecule has 0 aliphatic rings. The molecule has 146 valence electrons. The third-order valence-corrected chi connectivity index (χ3v) is 4.99. The maximum atomic E-state index is 12.3. The Morgan fingerprint density at radius 3 is 2.52 bits per heavy atom. The lowest BCUT2D eigenvalue weighted by atomic mass is 10.2. The van der Waals surface area contributed by atoms with Crippen molar-refractivity contribution < 1.29 is 4.79 Å². The number of rotatable bonds is 5. The van der Waals surface area contributed by atoms with Gasteiger partial charge in [0.15, 0.2) is 0 Å². The van der Waals surface area contributed by atoms with Crippen LogP contribution in [-0.4, -0.2) is 24.6 Å². The molecule has 29 heavy (non-hydrogen) atoms. The van der Waals surface area contributed by atoms with E-state index in [4.69, 9.17) is 11.6 Å². The zero-order chi connectivity index (χ0) is 20.4. The highest BCUT2D eigenvalue weighted by Gasteiger charge is 2.12. The fourth-order valence-corrected chi connectivity index (χ4v) is 3.15. The van der Waals surface area contributed by atoms with Crippen LogP contribution >= 0.6 is 11.6 Å². The van der Waals surface area contributed by atoms with Gasteiger partial charge in [0, 0.05) is 36.9 Å². The van der Waals surface area contributed by atoms with Crippen LogP contribution in [0.15, 0.2) is 78.1 Å². The van der Waals surface area contributed by atoms with E-state index in [1.807, 2.05) is 41.1 Å². The van der Waals surface area contributed by atoms with E-state index in [2.05, 4.69) is 10.3 Å². The van der Waals surface area contributed by atoms with Gasteiger partial charge >= 0.3 is 0 Å². The summed E-state index contributed by atoms with van der Waals surface area (Å²) in [7, 11) is 1.74. The number of halogens is 1. The van der Waals surface area contributed by atoms with Gasteiger partial charge in [-0.2, -0.15) is 0 Å². The molecule has 7 nitrogen and oxygen atoms in total. The SMILES string of the molecule is Cn1c(Cl)ccc1C(=O)NCc1cn(-c2ccc(-n3ccccc3=O)cc2)cn1. The number of pyridine rings is 1. The van der Waals surface area contributed by atoms with Gasteiger partial charge in [0.05, 0.1) is 18.6 Å². The Morgan fingerprint density at radius 1 is 1.07 bits per heavy atom. The fourth-order valence-electron chi connectivity index (χ4n) is 3.00. The summed E-state index contributed by atoms with van der Waals surface area (Å²) in [6, 6.07) is 16.0. The second-order valence-electron chi connectivity index (χ2n) is 6.48. The van der Waals surface area contributed by atoms with Gasteiger partial charge in [-0.25, -0.2) is 4.98 Å². The second kappa shape index (κ2) is 7.81. The summed E-state index contributed by atoms with van der Waals surface area (Å²) in [5.41, 5.74) is 2.81. The van der Waals surface area contributed by atoms with Crippen molar-refractivity contribution in [3.05, 3.63) is 100 Å². The van der Waals surface area contributed by atoms with Crippen molar-refractivity contribution in [1.29, 1.82) is 0 Å². The van der Waals surface area contributed by atoms with Crippen molar-refractivity contribution in [2.45, 2.75) is 6.54 Å². The van der Waals surface area contributed by atoms with E-state index in [9.17, 15) is 9.59 Å². The van der Waals surface area contributed by atoms with Gasteiger partial charge in [-0.05, 0) is 42.5 Å². The molecule has 1 aromatic carbocycles. The lowest BCUT2D eigenvalue weighted by molar-refractivity contribution is 0.0942. The number of nitrogens with one attached hydrogen (secondary N) is 1. The van der Waals surface area contributed by atoms with E-state index >= 15 is 0 Å². The van der Waals surface area contributed by atoms with E-state index in [0.29, 0.717) is 17.4 Å². The zero-order valence-corrected chi connectivity index (χ0v) is 16.4. The lowest BCUT2D eigenvalue weighted by Gasteiger charge is -2.07. The van der Waals surface area contributed by atoms with Crippen LogP contribution in [0.5, 0.6) is 0 Å². The van der Waals surface area contributed by atoms with Gasteiger partial charge in [-0.1, -0.05) is 17.7 Å². The first-order valence-corrected chi connectivity index (χ1v) is 9.31. The molecule has 0 aliphatic carbocycles. The van der Waals surface area contributed by atoms with Crippen LogP contribution in [0.2, 0.25) is 5.15 Å². The highest BCUT2D eigenvalue weighted by molar-refractivity contribution is 6.30. The molecule has 1 amide bonds. The smallest absolute Gasteiger partial charge is 0.268 e. The molecule has 1 N–H and O–H groups in total. The van der Waals surface area contributed by atoms with Gasteiger partial charge in [-0.15, -0.1) is 0 Å². The monoisotopic (exact) mass is 407 g/mol. The molecule has 0 aliphatic heterocycles. The number of aromatic nitrogens is 4. The van der Waals surface area contributed by atoms with Crippen LogP contribution in [0, 0.1) is 0 Å². The Morgan fingerprint density at radius 2 is 1.83 bits per heavy atom. The fraction of sp³-hybridized carbons (Fsp3) is 0.0952. The van der Waals surface area contributed by atoms with Crippen molar-refractivity contribution in [1.82, 2.24) is 24.0 Å². The number of nitrogens with zero attached hydrogens (tertiary/aromatic N) is 4. The molecule has 8 heteroatoms. The summed E-state index contributed by atoms with van der Waals surface area (Å²) in [4.78, 5) is 28.6. The average molecular weight is 408 g/mol. The largest absolute Gasteiger partial charge is 0.345 e. The van der Waals surface area contributed by atoms with E-state index in [1.54, 1.807) is 46.9 Å². The molecule has 0 unspecified atom stereocenters. The summed E-state index contributed by atoms with van der Waals surface area (Å²) < 4.78 is 5.06. The van der Waals surface area contributed by atoms with Crippen LogP contribution in [0.25, 0.3) is 11.4 Å². The molecule has 0 saturated heterocycles. The molecule has 4 rings (SSSR count). The Hall–Kier alpha value is -3.58. The summed E-state index contributed by atoms with van der Waals surface area (Å²) >= 11 is 5.97. The Labute approximate surface area is 171 Å². The first-order valence-electron chi connectivity index (χ1n) is 8.94. The highest BCUT2D eigenvalue weighted by Crippen LogP contribution is 2.14. The number of amides is 1. The molecule has 0 saturated carbocycles. The van der Waals surface area contributed by atoms with Gasteiger partial charge < -0.3 is 14.5 Å². The number of carbonyl (C=O) groups is 1. The molecule has 3 aromatic heterocycles. The third kappa shape index (κ3) is 3.86. The van der Waals surface area contributed by atoms with E-state index in [0.717, 1.165) is 17.1 Å². The topological polar surface area (TPSA) is 73.8 Å². The molecule has 0 radical (unpaired) electrons. The maximum Gasteiger partial charge on any atom is 0.268 e. The lowest BCUT2D eigenvalue weighted by Crippen LogP contribution is -2.25. The van der Waals surface area contributed by atoms with Crippen LogP contribution in [0.1, 0.15) is 16.2 Å². The molecule has 0 bridgehead atoms. The van der Waals surface area contributed by atoms with Crippen molar-refractivity contribution in [3.8, 4) is 11.4 Å². The summed E-state index contributed by atoms with van der Waals surface area (Å²) in [6.07, 6.45) is 5.27. The Bertz CT molecular complexity index is 1220. The predicted octanol–water partition coefficient (Wildman–Crippen LogP) is 2.95. The van der Waals surface area contributed by atoms with Gasteiger partial charge in [0.2, 0.25) is 0 Å². The Kier molecular flexibility index (Phi) is 5.05. The molecule has 0 atom stereocenters. The molecule has 0 fully saturated rings. The molecule has 3 heterocycles. The average Bonchev–Trinajstić information content (AvgIpc) is 3.34. The van der Waals surface area contributed by atoms with Gasteiger partial charge in [0.25, 0.3) is 11.5 Å². The third-order valence-electron chi connectivity index (χ3n) is 4.61. The second-order valence-corrected chi connectivity index (χ2v) is 6.87. The molecule has 0 spiro atoms.